The highest BCUT2D eigenvalue weighted by Crippen LogP contribution is 2.15. The number of nitrogens with zero attached hydrogens (tertiary/aromatic N) is 3. The topological polar surface area (TPSA) is 67.2 Å². The molecule has 0 bridgehead atoms. The number of hydrogen-bond donors (Lipinski definition) is 1. The summed E-state index contributed by atoms with van der Waals surface area (Å²) in [4.78, 5) is 25.5. The lowest BCUT2D eigenvalue weighted by atomic mass is 10.1. The molecular weight excluding hydrogens is 304 g/mol. The molecule has 0 saturated carbocycles. The van der Waals surface area contributed by atoms with Crippen molar-refractivity contribution in [2.75, 3.05) is 13.6 Å². The van der Waals surface area contributed by atoms with Gasteiger partial charge in [-0.1, -0.05) is 30.3 Å². The van der Waals surface area contributed by atoms with Gasteiger partial charge >= 0.3 is 0 Å². The Morgan fingerprint density at radius 1 is 1.17 bits per heavy atom. The highest BCUT2D eigenvalue weighted by atomic mass is 16.2. The molecule has 128 valence electrons. The molecule has 1 heterocycles. The normalized spacial score (nSPS) is 11.2. The van der Waals surface area contributed by atoms with E-state index in [1.807, 2.05) is 57.2 Å². The number of aromatic nitrogens is 2. The molecule has 6 heteroatoms. The van der Waals surface area contributed by atoms with Gasteiger partial charge in [0, 0.05) is 24.3 Å². The molecule has 6 nitrogen and oxygen atoms in total. The van der Waals surface area contributed by atoms with Crippen LogP contribution in [0.3, 0.4) is 0 Å². The van der Waals surface area contributed by atoms with Crippen molar-refractivity contribution in [1.29, 1.82) is 0 Å². The van der Waals surface area contributed by atoms with Crippen LogP contribution in [0.25, 0.3) is 11.3 Å². The first-order valence-corrected chi connectivity index (χ1v) is 7.88. The van der Waals surface area contributed by atoms with E-state index in [2.05, 4.69) is 10.4 Å². The van der Waals surface area contributed by atoms with Crippen LogP contribution in [0.15, 0.2) is 42.6 Å². The molecule has 0 aliphatic heterocycles. The summed E-state index contributed by atoms with van der Waals surface area (Å²) in [6.07, 6.45) is 1.77. The molecule has 0 aliphatic rings. The molecule has 0 fully saturated rings. The zero-order chi connectivity index (χ0) is 17.7. The molecule has 0 spiro atoms. The highest BCUT2D eigenvalue weighted by Gasteiger charge is 2.18. The third-order valence-corrected chi connectivity index (χ3v) is 3.33. The van der Waals surface area contributed by atoms with E-state index in [1.165, 1.54) is 4.90 Å². The van der Waals surface area contributed by atoms with Crippen LogP contribution in [-0.2, 0) is 16.1 Å². The van der Waals surface area contributed by atoms with Crippen LogP contribution in [0.5, 0.6) is 0 Å². The van der Waals surface area contributed by atoms with Gasteiger partial charge in [0.2, 0.25) is 11.8 Å². The van der Waals surface area contributed by atoms with Gasteiger partial charge in [-0.3, -0.25) is 14.3 Å². The maximum atomic E-state index is 12.2. The van der Waals surface area contributed by atoms with Crippen molar-refractivity contribution >= 4 is 11.8 Å². The predicted octanol–water partition coefficient (Wildman–Crippen LogP) is 1.92. The third kappa shape index (κ3) is 5.22. The van der Waals surface area contributed by atoms with Gasteiger partial charge in [0.25, 0.3) is 0 Å². The van der Waals surface area contributed by atoms with E-state index in [0.717, 1.165) is 11.3 Å². The van der Waals surface area contributed by atoms with Crippen molar-refractivity contribution in [3.05, 3.63) is 42.6 Å². The Labute approximate surface area is 142 Å². The summed E-state index contributed by atoms with van der Waals surface area (Å²) < 4.78 is 1.59. The van der Waals surface area contributed by atoms with Crippen molar-refractivity contribution < 1.29 is 9.59 Å². The van der Waals surface area contributed by atoms with Crippen LogP contribution in [-0.4, -0.2) is 45.6 Å². The molecule has 1 aromatic carbocycles. The first-order chi connectivity index (χ1) is 11.2. The van der Waals surface area contributed by atoms with Crippen molar-refractivity contribution in [2.24, 2.45) is 0 Å². The average Bonchev–Trinajstić information content (AvgIpc) is 2.94. The summed E-state index contributed by atoms with van der Waals surface area (Å²) in [5.41, 5.74) is 1.51. The van der Waals surface area contributed by atoms with E-state index in [4.69, 9.17) is 0 Å². The zero-order valence-corrected chi connectivity index (χ0v) is 14.6. The van der Waals surface area contributed by atoms with Gasteiger partial charge in [0.05, 0.1) is 12.2 Å². The van der Waals surface area contributed by atoms with E-state index in [0.29, 0.717) is 0 Å². The molecule has 1 aromatic heterocycles. The first-order valence-electron chi connectivity index (χ1n) is 7.88. The SMILES string of the molecule is CN(CC(=O)NC(C)(C)C)C(=O)Cn1ccc(-c2ccccc2)n1. The van der Waals surface area contributed by atoms with Gasteiger partial charge in [0.1, 0.15) is 6.54 Å². The summed E-state index contributed by atoms with van der Waals surface area (Å²) in [5.74, 6) is -0.342. The fourth-order valence-corrected chi connectivity index (χ4v) is 2.23. The van der Waals surface area contributed by atoms with Crippen LogP contribution in [0.4, 0.5) is 0 Å². The Balaban J connectivity index is 1.92. The molecule has 0 atom stereocenters. The highest BCUT2D eigenvalue weighted by molar-refractivity contribution is 5.84. The number of hydrogen-bond acceptors (Lipinski definition) is 3. The van der Waals surface area contributed by atoms with Gasteiger partial charge in [-0.2, -0.15) is 5.10 Å². The van der Waals surface area contributed by atoms with Crippen LogP contribution < -0.4 is 5.32 Å². The molecule has 0 aliphatic carbocycles. The average molecular weight is 328 g/mol. The molecule has 1 N–H and O–H groups in total. The third-order valence-electron chi connectivity index (χ3n) is 3.33. The van der Waals surface area contributed by atoms with Gasteiger partial charge < -0.3 is 10.2 Å². The van der Waals surface area contributed by atoms with E-state index in [9.17, 15) is 9.59 Å². The maximum absolute atomic E-state index is 12.2. The Morgan fingerprint density at radius 3 is 2.46 bits per heavy atom. The summed E-state index contributed by atoms with van der Waals surface area (Å²) >= 11 is 0. The maximum Gasteiger partial charge on any atom is 0.244 e. The molecule has 24 heavy (non-hydrogen) atoms. The fraction of sp³-hybridized carbons (Fsp3) is 0.389. The Morgan fingerprint density at radius 2 is 1.83 bits per heavy atom. The van der Waals surface area contributed by atoms with Crippen LogP contribution >= 0.6 is 0 Å². The van der Waals surface area contributed by atoms with E-state index < -0.39 is 0 Å². The summed E-state index contributed by atoms with van der Waals surface area (Å²) in [5, 5.41) is 7.25. The fourth-order valence-electron chi connectivity index (χ4n) is 2.23. The van der Waals surface area contributed by atoms with Gasteiger partial charge in [-0.25, -0.2) is 0 Å². The minimum atomic E-state index is -0.312. The van der Waals surface area contributed by atoms with Crippen LogP contribution in [0.2, 0.25) is 0 Å². The van der Waals surface area contributed by atoms with Crippen molar-refractivity contribution in [3.63, 3.8) is 0 Å². The second-order valence-corrected chi connectivity index (χ2v) is 6.81. The number of likely N-dealkylation sites (N-methyl/N-ethyl adjacent to an activating group) is 1. The van der Waals surface area contributed by atoms with Gasteiger partial charge in [0.15, 0.2) is 0 Å². The lowest BCUT2D eigenvalue weighted by molar-refractivity contribution is -0.135. The first kappa shape index (κ1) is 17.7. The van der Waals surface area contributed by atoms with Gasteiger partial charge in [-0.15, -0.1) is 0 Å². The van der Waals surface area contributed by atoms with E-state index >= 15 is 0 Å². The molecule has 0 radical (unpaired) electrons. The largest absolute Gasteiger partial charge is 0.350 e. The Bertz CT molecular complexity index is 701. The Hall–Kier alpha value is -2.63. The molecular formula is C18H24N4O2. The number of amides is 2. The monoisotopic (exact) mass is 328 g/mol. The Kier molecular flexibility index (Phi) is 5.39. The molecule has 2 aromatic rings. The minimum absolute atomic E-state index is 0.0307. The molecule has 0 saturated heterocycles. The number of carbonyl (C=O) groups is 2. The summed E-state index contributed by atoms with van der Waals surface area (Å²) in [6.45, 7) is 5.85. The number of rotatable bonds is 5. The molecule has 2 rings (SSSR count). The second kappa shape index (κ2) is 7.29. The van der Waals surface area contributed by atoms with Crippen molar-refractivity contribution in [1.82, 2.24) is 20.0 Å². The zero-order valence-electron chi connectivity index (χ0n) is 14.6. The lowest BCUT2D eigenvalue weighted by Gasteiger charge is -2.23. The number of nitrogens with one attached hydrogen (secondary N) is 1. The van der Waals surface area contributed by atoms with E-state index in [-0.39, 0.29) is 30.4 Å². The summed E-state index contributed by atoms with van der Waals surface area (Å²) in [6, 6.07) is 11.6. The van der Waals surface area contributed by atoms with Crippen LogP contribution in [0, 0.1) is 0 Å². The van der Waals surface area contributed by atoms with Gasteiger partial charge in [-0.05, 0) is 26.8 Å². The quantitative estimate of drug-likeness (QED) is 0.912. The standard InChI is InChI=1S/C18H24N4O2/c1-18(2,3)19-16(23)12-21(4)17(24)13-22-11-10-15(20-22)14-8-6-5-7-9-14/h5-11H,12-13H2,1-4H3,(H,19,23). The van der Waals surface area contributed by atoms with Crippen LogP contribution in [0.1, 0.15) is 20.8 Å². The molecule has 2 amide bonds. The lowest BCUT2D eigenvalue weighted by Crippen LogP contribution is -2.46. The predicted molar refractivity (Wildman–Crippen MR) is 93.2 cm³/mol. The van der Waals surface area contributed by atoms with Crippen molar-refractivity contribution in [2.45, 2.75) is 32.9 Å². The summed E-state index contributed by atoms with van der Waals surface area (Å²) in [7, 11) is 1.62. The smallest absolute Gasteiger partial charge is 0.244 e. The minimum Gasteiger partial charge on any atom is -0.350 e. The van der Waals surface area contributed by atoms with Crippen molar-refractivity contribution in [3.8, 4) is 11.3 Å². The number of carbonyl (C=O) groups excluding carboxylic acids is 2. The molecule has 0 unspecified atom stereocenters. The number of benzene rings is 1. The van der Waals surface area contributed by atoms with E-state index in [1.54, 1.807) is 17.9 Å². The second-order valence-electron chi connectivity index (χ2n) is 6.81.